The highest BCUT2D eigenvalue weighted by Crippen LogP contribution is 2.36. The van der Waals surface area contributed by atoms with Gasteiger partial charge in [-0.1, -0.05) is 6.07 Å². The van der Waals surface area contributed by atoms with Gasteiger partial charge >= 0.3 is 0 Å². The molecule has 5 atom stereocenters. The van der Waals surface area contributed by atoms with E-state index in [2.05, 4.69) is 0 Å². The van der Waals surface area contributed by atoms with Crippen LogP contribution in [0.4, 0.5) is 0 Å². The molecule has 2 aliphatic rings. The molecule has 2 heterocycles. The maximum Gasteiger partial charge on any atom is 0.231 e. The highest BCUT2D eigenvalue weighted by Gasteiger charge is 2.45. The van der Waals surface area contributed by atoms with E-state index in [1.807, 2.05) is 0 Å². The van der Waals surface area contributed by atoms with Crippen molar-refractivity contribution >= 4 is 11.9 Å². The summed E-state index contributed by atoms with van der Waals surface area (Å²) in [7, 11) is 0. The molecule has 5 unspecified atom stereocenters. The van der Waals surface area contributed by atoms with Gasteiger partial charge in [0, 0.05) is 6.07 Å². The monoisotopic (exact) mass is 432 g/mol. The summed E-state index contributed by atoms with van der Waals surface area (Å²) in [5.41, 5.74) is 0.693. The number of allylic oxidation sites excluding steroid dienone is 1. The number of Topliss-reactive ketones (excluding diaryl/α,β-unsaturated/α-hetero) is 1. The van der Waals surface area contributed by atoms with Crippen LogP contribution in [0.3, 0.4) is 0 Å². The van der Waals surface area contributed by atoms with Gasteiger partial charge in [-0.25, -0.2) is 0 Å². The number of hydrogen-bond acceptors (Lipinski definition) is 10. The van der Waals surface area contributed by atoms with Crippen molar-refractivity contribution in [2.24, 2.45) is 0 Å². The van der Waals surface area contributed by atoms with Crippen LogP contribution in [0.5, 0.6) is 23.0 Å². The van der Waals surface area contributed by atoms with Crippen LogP contribution in [-0.2, 0) is 4.74 Å². The van der Waals surface area contributed by atoms with Crippen molar-refractivity contribution in [1.29, 1.82) is 0 Å². The Balaban J connectivity index is 1.57. The standard InChI is InChI=1S/C21H20O10/c22-8-16-18(26)19(27)20(28)21(31-16)30-14-5-9(1-4-12(14)24)6-15-17(25)11-3-2-10(23)7-13(11)29-15/h1-7,16,18-24,26-28H,8H2. The van der Waals surface area contributed by atoms with Gasteiger partial charge in [-0.2, -0.15) is 0 Å². The number of phenolic OH excluding ortho intramolecular Hbond substituents is 2. The summed E-state index contributed by atoms with van der Waals surface area (Å²) in [6, 6.07) is 8.25. The first-order valence-corrected chi connectivity index (χ1v) is 9.36. The van der Waals surface area contributed by atoms with Crippen molar-refractivity contribution in [1.82, 2.24) is 0 Å². The lowest BCUT2D eigenvalue weighted by Gasteiger charge is -2.39. The minimum absolute atomic E-state index is 0.00919. The van der Waals surface area contributed by atoms with Gasteiger partial charge in [-0.05, 0) is 35.9 Å². The van der Waals surface area contributed by atoms with Crippen LogP contribution < -0.4 is 9.47 Å². The third kappa shape index (κ3) is 3.94. The molecule has 0 aromatic heterocycles. The molecule has 0 aliphatic carbocycles. The number of rotatable bonds is 4. The number of carbonyl (C=O) groups is 1. The molecule has 0 saturated carbocycles. The first-order chi connectivity index (χ1) is 14.8. The topological polar surface area (TPSA) is 166 Å². The minimum Gasteiger partial charge on any atom is -0.508 e. The molecule has 4 rings (SSSR count). The van der Waals surface area contributed by atoms with Gasteiger partial charge in [0.15, 0.2) is 17.3 Å². The van der Waals surface area contributed by atoms with E-state index < -0.39 is 37.3 Å². The Morgan fingerprint density at radius 3 is 2.52 bits per heavy atom. The number of fused-ring (bicyclic) bond motifs is 1. The number of benzene rings is 2. The summed E-state index contributed by atoms with van der Waals surface area (Å²) < 4.78 is 16.2. The fourth-order valence-corrected chi connectivity index (χ4v) is 3.33. The number of ketones is 1. The van der Waals surface area contributed by atoms with E-state index in [4.69, 9.17) is 14.2 Å². The van der Waals surface area contributed by atoms with Gasteiger partial charge in [0.1, 0.15) is 35.9 Å². The second-order valence-corrected chi connectivity index (χ2v) is 7.16. The Morgan fingerprint density at radius 2 is 1.77 bits per heavy atom. The van der Waals surface area contributed by atoms with Crippen LogP contribution in [0.1, 0.15) is 15.9 Å². The third-order valence-corrected chi connectivity index (χ3v) is 5.03. The summed E-state index contributed by atoms with van der Waals surface area (Å²) in [6.07, 6.45) is -6.09. The van der Waals surface area contributed by atoms with Crippen molar-refractivity contribution in [2.75, 3.05) is 6.61 Å². The largest absolute Gasteiger partial charge is 0.508 e. The van der Waals surface area contributed by atoms with E-state index in [9.17, 15) is 35.4 Å². The van der Waals surface area contributed by atoms with Crippen LogP contribution in [0.15, 0.2) is 42.2 Å². The smallest absolute Gasteiger partial charge is 0.231 e. The Kier molecular flexibility index (Phi) is 5.56. The van der Waals surface area contributed by atoms with E-state index in [1.165, 1.54) is 42.5 Å². The van der Waals surface area contributed by atoms with Crippen LogP contribution in [-0.4, -0.2) is 73.7 Å². The lowest BCUT2D eigenvalue weighted by Crippen LogP contribution is -2.60. The number of ether oxygens (including phenoxy) is 3. The molecule has 2 aromatic rings. The molecule has 10 nitrogen and oxygen atoms in total. The van der Waals surface area contributed by atoms with Gasteiger partial charge in [-0.15, -0.1) is 0 Å². The van der Waals surface area contributed by atoms with Gasteiger partial charge in [0.2, 0.25) is 12.1 Å². The zero-order chi connectivity index (χ0) is 22.3. The van der Waals surface area contributed by atoms with Crippen molar-refractivity contribution < 1.29 is 49.6 Å². The molecule has 0 bridgehead atoms. The quantitative estimate of drug-likeness (QED) is 0.359. The molecular weight excluding hydrogens is 412 g/mol. The van der Waals surface area contributed by atoms with Crippen LogP contribution in [0, 0.1) is 0 Å². The van der Waals surface area contributed by atoms with E-state index in [1.54, 1.807) is 0 Å². The lowest BCUT2D eigenvalue weighted by molar-refractivity contribution is -0.277. The summed E-state index contributed by atoms with van der Waals surface area (Å²) in [5, 5.41) is 58.8. The number of phenols is 2. The van der Waals surface area contributed by atoms with E-state index in [0.717, 1.165) is 0 Å². The van der Waals surface area contributed by atoms with Crippen LogP contribution in [0.25, 0.3) is 6.08 Å². The van der Waals surface area contributed by atoms with E-state index in [-0.39, 0.29) is 34.5 Å². The lowest BCUT2D eigenvalue weighted by atomic mass is 9.99. The maximum absolute atomic E-state index is 12.5. The first-order valence-electron chi connectivity index (χ1n) is 9.36. The first kappa shape index (κ1) is 21.1. The maximum atomic E-state index is 12.5. The van der Waals surface area contributed by atoms with Crippen molar-refractivity contribution in [3.05, 3.63) is 53.3 Å². The minimum atomic E-state index is -1.65. The molecule has 6 N–H and O–H groups in total. The van der Waals surface area contributed by atoms with E-state index >= 15 is 0 Å². The molecule has 2 aliphatic heterocycles. The summed E-state index contributed by atoms with van der Waals surface area (Å²) in [6.45, 7) is -0.626. The van der Waals surface area contributed by atoms with Gasteiger partial charge in [0.05, 0.1) is 12.2 Å². The normalized spacial score (nSPS) is 29.0. The third-order valence-electron chi connectivity index (χ3n) is 5.03. The van der Waals surface area contributed by atoms with Crippen molar-refractivity contribution in [3.8, 4) is 23.0 Å². The average molecular weight is 432 g/mol. The Hall–Kier alpha value is -3.15. The number of carbonyl (C=O) groups excluding carboxylic acids is 1. The number of aliphatic hydroxyl groups is 4. The second-order valence-electron chi connectivity index (χ2n) is 7.16. The Labute approximate surface area is 175 Å². The number of hydrogen-bond donors (Lipinski definition) is 6. The molecule has 0 spiro atoms. The molecule has 0 radical (unpaired) electrons. The highest BCUT2D eigenvalue weighted by atomic mass is 16.7. The zero-order valence-electron chi connectivity index (χ0n) is 16.0. The molecule has 2 aromatic carbocycles. The zero-order valence-corrected chi connectivity index (χ0v) is 16.0. The van der Waals surface area contributed by atoms with E-state index in [0.29, 0.717) is 11.1 Å². The molecule has 1 fully saturated rings. The van der Waals surface area contributed by atoms with Crippen LogP contribution in [0.2, 0.25) is 0 Å². The van der Waals surface area contributed by atoms with Crippen LogP contribution >= 0.6 is 0 Å². The summed E-state index contributed by atoms with van der Waals surface area (Å²) in [5.74, 6) is -0.685. The second kappa shape index (κ2) is 8.17. The molecule has 164 valence electrons. The summed E-state index contributed by atoms with van der Waals surface area (Å²) >= 11 is 0. The van der Waals surface area contributed by atoms with Crippen molar-refractivity contribution in [3.63, 3.8) is 0 Å². The van der Waals surface area contributed by atoms with Crippen molar-refractivity contribution in [2.45, 2.75) is 30.7 Å². The number of aromatic hydroxyl groups is 2. The van der Waals surface area contributed by atoms with Gasteiger partial charge < -0.3 is 44.8 Å². The number of aliphatic hydroxyl groups excluding tert-OH is 4. The van der Waals surface area contributed by atoms with Gasteiger partial charge in [-0.3, -0.25) is 4.79 Å². The highest BCUT2D eigenvalue weighted by molar-refractivity contribution is 6.14. The summed E-state index contributed by atoms with van der Waals surface area (Å²) in [4.78, 5) is 12.5. The Morgan fingerprint density at radius 1 is 1.00 bits per heavy atom. The Bertz CT molecular complexity index is 1030. The molecular formula is C21H20O10. The predicted molar refractivity (Wildman–Crippen MR) is 104 cm³/mol. The molecule has 10 heteroatoms. The fraction of sp³-hybridized carbons (Fsp3) is 0.286. The predicted octanol–water partition coefficient (Wildman–Crippen LogP) is -0.107. The van der Waals surface area contributed by atoms with Gasteiger partial charge in [0.25, 0.3) is 0 Å². The average Bonchev–Trinajstić information content (AvgIpc) is 3.05. The molecule has 1 saturated heterocycles. The fourth-order valence-electron chi connectivity index (χ4n) is 3.33. The molecule has 31 heavy (non-hydrogen) atoms. The molecule has 0 amide bonds. The SMILES string of the molecule is O=C1C(=Cc2ccc(O)c(OC3OC(CO)C(O)C(O)C3O)c2)Oc2cc(O)ccc21.